The van der Waals surface area contributed by atoms with Crippen LogP contribution in [-0.2, 0) is 9.59 Å². The van der Waals surface area contributed by atoms with Crippen molar-refractivity contribution in [3.8, 4) is 5.75 Å². The minimum absolute atomic E-state index is 0.0414. The van der Waals surface area contributed by atoms with Gasteiger partial charge in [-0.3, -0.25) is 9.59 Å². The number of aliphatic hydroxyl groups excluding tert-OH is 1. The monoisotopic (exact) mass is 453 g/mol. The van der Waals surface area contributed by atoms with Gasteiger partial charge < -0.3 is 24.6 Å². The number of ether oxygens (including phenoxy) is 1. The van der Waals surface area contributed by atoms with Crippen LogP contribution in [0.25, 0.3) is 16.7 Å². The lowest BCUT2D eigenvalue weighted by molar-refractivity contribution is -0.140. The summed E-state index contributed by atoms with van der Waals surface area (Å²) in [5.74, 6) is -1.18. The van der Waals surface area contributed by atoms with Crippen molar-refractivity contribution in [3.63, 3.8) is 0 Å². The minimum atomic E-state index is -0.730. The number of benzene rings is 2. The Balaban J connectivity index is 1.90. The number of likely N-dealkylation sites (N-methyl/N-ethyl adjacent to an activating group) is 1. The molecular formula is C24H24ClN3O4. The summed E-state index contributed by atoms with van der Waals surface area (Å²) in [4.78, 5) is 32.8. The molecule has 1 aliphatic rings. The fraction of sp³-hybridized carbons (Fsp3) is 0.250. The number of hydrogen-bond donors (Lipinski definition) is 2. The van der Waals surface area contributed by atoms with Gasteiger partial charge in [0.1, 0.15) is 11.5 Å². The van der Waals surface area contributed by atoms with Gasteiger partial charge in [0.2, 0.25) is 0 Å². The first-order chi connectivity index (χ1) is 15.3. The number of hydrogen-bond acceptors (Lipinski definition) is 5. The fourth-order valence-corrected chi connectivity index (χ4v) is 4.29. The fourth-order valence-electron chi connectivity index (χ4n) is 4.03. The molecule has 0 saturated carbocycles. The Morgan fingerprint density at radius 2 is 1.97 bits per heavy atom. The van der Waals surface area contributed by atoms with Crippen molar-refractivity contribution in [2.75, 3.05) is 34.3 Å². The number of nitrogens with zero attached hydrogens (tertiary/aromatic N) is 2. The highest BCUT2D eigenvalue weighted by Gasteiger charge is 2.46. The van der Waals surface area contributed by atoms with Crippen LogP contribution < -0.4 is 4.74 Å². The zero-order valence-electron chi connectivity index (χ0n) is 18.1. The van der Waals surface area contributed by atoms with Crippen molar-refractivity contribution >= 4 is 40.0 Å². The third-order valence-corrected chi connectivity index (χ3v) is 5.96. The minimum Gasteiger partial charge on any atom is -0.507 e. The first kappa shape index (κ1) is 21.9. The van der Waals surface area contributed by atoms with Crippen molar-refractivity contribution < 1.29 is 19.4 Å². The van der Waals surface area contributed by atoms with E-state index < -0.39 is 17.7 Å². The number of amides is 1. The van der Waals surface area contributed by atoms with Crippen LogP contribution in [0.4, 0.5) is 0 Å². The normalized spacial score (nSPS) is 18.2. The number of aromatic nitrogens is 1. The summed E-state index contributed by atoms with van der Waals surface area (Å²) in [6, 6.07) is 11.7. The second-order valence-corrected chi connectivity index (χ2v) is 8.34. The predicted octanol–water partition coefficient (Wildman–Crippen LogP) is 3.81. The Morgan fingerprint density at radius 3 is 2.66 bits per heavy atom. The van der Waals surface area contributed by atoms with Crippen LogP contribution in [0.5, 0.6) is 5.75 Å². The Labute approximate surface area is 190 Å². The Bertz CT molecular complexity index is 1230. The molecule has 1 atom stereocenters. The van der Waals surface area contributed by atoms with Crippen LogP contribution in [-0.4, -0.2) is 65.9 Å². The molecule has 1 unspecified atom stereocenters. The van der Waals surface area contributed by atoms with E-state index in [0.29, 0.717) is 29.4 Å². The van der Waals surface area contributed by atoms with Gasteiger partial charge in [-0.25, -0.2) is 0 Å². The smallest absolute Gasteiger partial charge is 0.295 e. The van der Waals surface area contributed by atoms with Gasteiger partial charge in [0, 0.05) is 41.3 Å². The lowest BCUT2D eigenvalue weighted by Gasteiger charge is -2.26. The highest BCUT2D eigenvalue weighted by molar-refractivity contribution is 6.46. The maximum absolute atomic E-state index is 13.1. The number of aromatic amines is 1. The van der Waals surface area contributed by atoms with Crippen LogP contribution >= 0.6 is 11.6 Å². The number of carbonyl (C=O) groups excluding carboxylic acids is 2. The Kier molecular flexibility index (Phi) is 5.95. The first-order valence-corrected chi connectivity index (χ1v) is 10.5. The molecule has 1 amide bonds. The molecule has 0 spiro atoms. The largest absolute Gasteiger partial charge is 0.507 e. The summed E-state index contributed by atoms with van der Waals surface area (Å²) >= 11 is 6.24. The molecule has 1 aliphatic heterocycles. The quantitative estimate of drug-likeness (QED) is 0.337. The van der Waals surface area contributed by atoms with Crippen molar-refractivity contribution in [2.24, 2.45) is 0 Å². The lowest BCUT2D eigenvalue weighted by atomic mass is 9.95. The number of aliphatic hydroxyl groups is 1. The van der Waals surface area contributed by atoms with Crippen molar-refractivity contribution in [2.45, 2.75) is 6.04 Å². The van der Waals surface area contributed by atoms with Gasteiger partial charge >= 0.3 is 0 Å². The van der Waals surface area contributed by atoms with E-state index in [-0.39, 0.29) is 11.3 Å². The van der Waals surface area contributed by atoms with Gasteiger partial charge in [0.25, 0.3) is 11.7 Å². The molecule has 0 radical (unpaired) electrons. The summed E-state index contributed by atoms with van der Waals surface area (Å²) in [5, 5.41) is 12.4. The average molecular weight is 454 g/mol. The van der Waals surface area contributed by atoms with E-state index in [1.807, 2.05) is 43.3 Å². The van der Waals surface area contributed by atoms with Gasteiger partial charge in [-0.2, -0.15) is 0 Å². The van der Waals surface area contributed by atoms with E-state index in [4.69, 9.17) is 16.3 Å². The zero-order valence-corrected chi connectivity index (χ0v) is 18.8. The van der Waals surface area contributed by atoms with Crippen LogP contribution in [0.1, 0.15) is 17.2 Å². The van der Waals surface area contributed by atoms with E-state index in [0.717, 1.165) is 16.5 Å². The standard InChI is InChI=1S/C24H24ClN3O4/c1-27(2)10-11-28-21(16-13-26-18-7-5-4-6-15(16)18)20(23(30)24(28)31)22(29)14-8-9-19(32-3)17(25)12-14/h4-9,12-13,21,26,29H,10-11H2,1-3H3/b22-20+. The number of nitrogens with one attached hydrogen (secondary N) is 1. The highest BCUT2D eigenvalue weighted by atomic mass is 35.5. The summed E-state index contributed by atoms with van der Waals surface area (Å²) in [6.45, 7) is 0.905. The molecule has 4 rings (SSSR count). The molecule has 32 heavy (non-hydrogen) atoms. The summed E-state index contributed by atoms with van der Waals surface area (Å²) in [5.41, 5.74) is 2.01. The predicted molar refractivity (Wildman–Crippen MR) is 124 cm³/mol. The molecule has 7 nitrogen and oxygen atoms in total. The summed E-state index contributed by atoms with van der Waals surface area (Å²) < 4.78 is 5.18. The molecule has 1 fully saturated rings. The van der Waals surface area contributed by atoms with E-state index >= 15 is 0 Å². The number of para-hydroxylation sites is 1. The molecule has 1 saturated heterocycles. The zero-order chi connectivity index (χ0) is 23.0. The molecule has 8 heteroatoms. The van der Waals surface area contributed by atoms with Gasteiger partial charge in [0.05, 0.1) is 23.7 Å². The van der Waals surface area contributed by atoms with Gasteiger partial charge in [-0.05, 0) is 38.4 Å². The van der Waals surface area contributed by atoms with Crippen molar-refractivity contribution in [3.05, 3.63) is 70.4 Å². The molecular weight excluding hydrogens is 430 g/mol. The SMILES string of the molecule is COc1ccc(/C(O)=C2\C(=O)C(=O)N(CCN(C)C)C2c2c[nH]c3ccccc23)cc1Cl. The summed E-state index contributed by atoms with van der Waals surface area (Å²) in [6.07, 6.45) is 1.79. The highest BCUT2D eigenvalue weighted by Crippen LogP contribution is 2.42. The van der Waals surface area contributed by atoms with Gasteiger partial charge in [-0.15, -0.1) is 0 Å². The average Bonchev–Trinajstić information content (AvgIpc) is 3.30. The molecule has 166 valence electrons. The molecule has 1 aromatic heterocycles. The van der Waals surface area contributed by atoms with Crippen LogP contribution in [0.2, 0.25) is 5.02 Å². The van der Waals surface area contributed by atoms with Crippen LogP contribution in [0.15, 0.2) is 54.2 Å². The van der Waals surface area contributed by atoms with Crippen molar-refractivity contribution in [1.29, 1.82) is 0 Å². The molecule has 3 aromatic rings. The summed E-state index contributed by atoms with van der Waals surface area (Å²) in [7, 11) is 5.29. The number of ketones is 1. The number of likely N-dealkylation sites (tertiary alicyclic amines) is 1. The number of Topliss-reactive ketones (excluding diaryl/α,β-unsaturated/α-hetero) is 1. The maximum atomic E-state index is 13.1. The molecule has 0 aliphatic carbocycles. The number of rotatable bonds is 6. The van der Waals surface area contributed by atoms with Crippen LogP contribution in [0.3, 0.4) is 0 Å². The van der Waals surface area contributed by atoms with Crippen molar-refractivity contribution in [1.82, 2.24) is 14.8 Å². The molecule has 0 bridgehead atoms. The molecule has 2 heterocycles. The van der Waals surface area contributed by atoms with Gasteiger partial charge in [-0.1, -0.05) is 29.8 Å². The maximum Gasteiger partial charge on any atom is 0.295 e. The van der Waals surface area contributed by atoms with Crippen LogP contribution in [0, 0.1) is 0 Å². The lowest BCUT2D eigenvalue weighted by Crippen LogP contribution is -2.35. The van der Waals surface area contributed by atoms with E-state index in [9.17, 15) is 14.7 Å². The topological polar surface area (TPSA) is 85.9 Å². The number of carbonyl (C=O) groups is 2. The van der Waals surface area contributed by atoms with E-state index in [1.165, 1.54) is 18.1 Å². The first-order valence-electron chi connectivity index (χ1n) is 10.2. The third-order valence-electron chi connectivity index (χ3n) is 5.67. The molecule has 2 N–H and O–H groups in total. The third kappa shape index (κ3) is 3.74. The Morgan fingerprint density at radius 1 is 1.22 bits per heavy atom. The molecule has 2 aromatic carbocycles. The number of halogens is 1. The number of methoxy groups -OCH3 is 1. The second kappa shape index (κ2) is 8.68. The number of fused-ring (bicyclic) bond motifs is 1. The van der Waals surface area contributed by atoms with E-state index in [2.05, 4.69) is 4.98 Å². The van der Waals surface area contributed by atoms with E-state index in [1.54, 1.807) is 18.3 Å². The second-order valence-electron chi connectivity index (χ2n) is 7.93. The van der Waals surface area contributed by atoms with Gasteiger partial charge in [0.15, 0.2) is 0 Å². The Hall–Kier alpha value is -3.29. The number of H-pyrrole nitrogens is 1.